The Morgan fingerprint density at radius 3 is 2.71 bits per heavy atom. The number of anilines is 1. The van der Waals surface area contributed by atoms with Crippen LogP contribution in [0.2, 0.25) is 0 Å². The Hall–Kier alpha value is -2.63. The highest BCUT2D eigenvalue weighted by atomic mass is 16.5. The molecule has 0 spiro atoms. The normalized spacial score (nSPS) is 10.0. The molecule has 0 radical (unpaired) electrons. The van der Waals surface area contributed by atoms with Crippen LogP contribution in [0.5, 0.6) is 5.75 Å². The fraction of sp³-hybridized carbons (Fsp3) is 0.267. The third-order valence-electron chi connectivity index (χ3n) is 2.92. The molecular formula is C15H18N4O2. The molecule has 1 amide bonds. The molecule has 6 nitrogen and oxygen atoms in total. The minimum absolute atomic E-state index is 0.257. The van der Waals surface area contributed by atoms with Crippen LogP contribution in [0.15, 0.2) is 36.7 Å². The Kier molecular flexibility index (Phi) is 5.09. The van der Waals surface area contributed by atoms with E-state index in [-0.39, 0.29) is 11.6 Å². The van der Waals surface area contributed by atoms with E-state index >= 15 is 0 Å². The topological polar surface area (TPSA) is 76.1 Å². The van der Waals surface area contributed by atoms with E-state index in [0.29, 0.717) is 18.8 Å². The van der Waals surface area contributed by atoms with Gasteiger partial charge in [0.2, 0.25) is 0 Å². The predicted octanol–water partition coefficient (Wildman–Crippen LogP) is 1.64. The smallest absolute Gasteiger partial charge is 0.273 e. The van der Waals surface area contributed by atoms with Crippen molar-refractivity contribution >= 4 is 11.7 Å². The van der Waals surface area contributed by atoms with Crippen LogP contribution in [0.4, 0.5) is 5.82 Å². The van der Waals surface area contributed by atoms with E-state index < -0.39 is 0 Å². The summed E-state index contributed by atoms with van der Waals surface area (Å²) in [6, 6.07) is 7.29. The van der Waals surface area contributed by atoms with E-state index in [1.807, 2.05) is 19.1 Å². The molecule has 0 saturated carbocycles. The van der Waals surface area contributed by atoms with Crippen molar-refractivity contribution in [3.05, 3.63) is 47.9 Å². The zero-order valence-corrected chi connectivity index (χ0v) is 12.1. The SMILES string of the molecule is COc1cccnc1C(=O)NCCNc1ncccc1C. The molecule has 6 heteroatoms. The van der Waals surface area contributed by atoms with Crippen LogP contribution in [-0.4, -0.2) is 36.1 Å². The van der Waals surface area contributed by atoms with E-state index in [0.717, 1.165) is 11.4 Å². The fourth-order valence-electron chi connectivity index (χ4n) is 1.84. The first-order valence-electron chi connectivity index (χ1n) is 6.65. The van der Waals surface area contributed by atoms with Crippen molar-refractivity contribution < 1.29 is 9.53 Å². The van der Waals surface area contributed by atoms with Gasteiger partial charge in [-0.15, -0.1) is 0 Å². The fourth-order valence-corrected chi connectivity index (χ4v) is 1.84. The third-order valence-corrected chi connectivity index (χ3v) is 2.92. The number of nitrogens with one attached hydrogen (secondary N) is 2. The first-order valence-corrected chi connectivity index (χ1v) is 6.65. The monoisotopic (exact) mass is 286 g/mol. The number of hydrogen-bond donors (Lipinski definition) is 2. The minimum atomic E-state index is -0.257. The second kappa shape index (κ2) is 7.23. The van der Waals surface area contributed by atoms with Gasteiger partial charge in [-0.1, -0.05) is 6.07 Å². The van der Waals surface area contributed by atoms with Gasteiger partial charge in [0.1, 0.15) is 11.6 Å². The molecule has 2 aromatic heterocycles. The van der Waals surface area contributed by atoms with Crippen LogP contribution in [0.1, 0.15) is 16.1 Å². The van der Waals surface area contributed by atoms with Crippen molar-refractivity contribution in [2.75, 3.05) is 25.5 Å². The molecule has 2 aromatic rings. The molecule has 0 aliphatic heterocycles. The van der Waals surface area contributed by atoms with Gasteiger partial charge >= 0.3 is 0 Å². The van der Waals surface area contributed by atoms with Crippen molar-refractivity contribution in [2.45, 2.75) is 6.92 Å². The Labute approximate surface area is 123 Å². The van der Waals surface area contributed by atoms with Crippen LogP contribution in [0.25, 0.3) is 0 Å². The summed E-state index contributed by atoms with van der Waals surface area (Å²) in [5.74, 6) is 1.03. The number of amides is 1. The van der Waals surface area contributed by atoms with Gasteiger partial charge < -0.3 is 15.4 Å². The quantitative estimate of drug-likeness (QED) is 0.789. The molecule has 0 bridgehead atoms. The zero-order chi connectivity index (χ0) is 15.1. The first-order chi connectivity index (χ1) is 10.2. The lowest BCUT2D eigenvalue weighted by molar-refractivity contribution is 0.0947. The molecule has 2 rings (SSSR count). The minimum Gasteiger partial charge on any atom is -0.494 e. The maximum atomic E-state index is 12.0. The van der Waals surface area contributed by atoms with Crippen LogP contribution in [0, 0.1) is 6.92 Å². The van der Waals surface area contributed by atoms with Crippen LogP contribution in [0.3, 0.4) is 0 Å². The predicted molar refractivity (Wildman–Crippen MR) is 80.6 cm³/mol. The van der Waals surface area contributed by atoms with Crippen molar-refractivity contribution in [1.29, 1.82) is 0 Å². The number of aromatic nitrogens is 2. The van der Waals surface area contributed by atoms with Gasteiger partial charge in [-0.05, 0) is 30.7 Å². The first kappa shape index (κ1) is 14.8. The lowest BCUT2D eigenvalue weighted by Gasteiger charge is -2.10. The van der Waals surface area contributed by atoms with Gasteiger partial charge in [0.05, 0.1) is 7.11 Å². The molecule has 0 saturated heterocycles. The lowest BCUT2D eigenvalue weighted by atomic mass is 10.3. The molecule has 0 aromatic carbocycles. The van der Waals surface area contributed by atoms with Gasteiger partial charge in [-0.2, -0.15) is 0 Å². The number of methoxy groups -OCH3 is 1. The molecular weight excluding hydrogens is 268 g/mol. The maximum absolute atomic E-state index is 12.0. The van der Waals surface area contributed by atoms with Gasteiger partial charge in [-0.25, -0.2) is 9.97 Å². The summed E-state index contributed by atoms with van der Waals surface area (Å²) in [6.07, 6.45) is 3.29. The highest BCUT2D eigenvalue weighted by molar-refractivity contribution is 5.94. The number of carbonyl (C=O) groups is 1. The number of nitrogens with zero attached hydrogens (tertiary/aromatic N) is 2. The van der Waals surface area contributed by atoms with Gasteiger partial charge in [0.15, 0.2) is 5.69 Å². The van der Waals surface area contributed by atoms with Crippen molar-refractivity contribution in [3.8, 4) is 5.75 Å². The molecule has 0 aliphatic carbocycles. The summed E-state index contributed by atoms with van der Waals surface area (Å²) in [6.45, 7) is 3.03. The second-order valence-corrected chi connectivity index (χ2v) is 4.41. The average Bonchev–Trinajstić information content (AvgIpc) is 2.52. The van der Waals surface area contributed by atoms with Crippen molar-refractivity contribution in [2.24, 2.45) is 0 Å². The van der Waals surface area contributed by atoms with E-state index in [4.69, 9.17) is 4.74 Å². The second-order valence-electron chi connectivity index (χ2n) is 4.41. The summed E-state index contributed by atoms with van der Waals surface area (Å²) < 4.78 is 5.11. The van der Waals surface area contributed by atoms with Gasteiger partial charge in [0, 0.05) is 25.5 Å². The van der Waals surface area contributed by atoms with E-state index in [9.17, 15) is 4.79 Å². The Morgan fingerprint density at radius 2 is 1.95 bits per heavy atom. The van der Waals surface area contributed by atoms with Crippen molar-refractivity contribution in [3.63, 3.8) is 0 Å². The molecule has 0 fully saturated rings. The van der Waals surface area contributed by atoms with Crippen LogP contribution >= 0.6 is 0 Å². The number of hydrogen-bond acceptors (Lipinski definition) is 5. The Balaban J connectivity index is 1.83. The summed E-state index contributed by atoms with van der Waals surface area (Å²) in [5.41, 5.74) is 1.35. The van der Waals surface area contributed by atoms with Gasteiger partial charge in [0.25, 0.3) is 5.91 Å². The van der Waals surface area contributed by atoms with E-state index in [1.54, 1.807) is 24.5 Å². The van der Waals surface area contributed by atoms with Crippen molar-refractivity contribution in [1.82, 2.24) is 15.3 Å². The molecule has 0 unspecified atom stereocenters. The summed E-state index contributed by atoms with van der Waals surface area (Å²) in [4.78, 5) is 20.3. The molecule has 21 heavy (non-hydrogen) atoms. The van der Waals surface area contributed by atoms with E-state index in [2.05, 4.69) is 20.6 Å². The number of pyridine rings is 2. The molecule has 0 atom stereocenters. The van der Waals surface area contributed by atoms with Crippen LogP contribution < -0.4 is 15.4 Å². The Bertz CT molecular complexity index is 616. The van der Waals surface area contributed by atoms with Gasteiger partial charge in [-0.3, -0.25) is 4.79 Å². The Morgan fingerprint density at radius 1 is 1.19 bits per heavy atom. The number of rotatable bonds is 6. The molecule has 2 heterocycles. The molecule has 2 N–H and O–H groups in total. The maximum Gasteiger partial charge on any atom is 0.273 e. The van der Waals surface area contributed by atoms with E-state index in [1.165, 1.54) is 7.11 Å². The molecule has 0 aliphatic rings. The summed E-state index contributed by atoms with van der Waals surface area (Å²) in [7, 11) is 1.51. The highest BCUT2D eigenvalue weighted by Crippen LogP contribution is 2.13. The lowest BCUT2D eigenvalue weighted by Crippen LogP contribution is -2.30. The van der Waals surface area contributed by atoms with Crippen LogP contribution in [-0.2, 0) is 0 Å². The summed E-state index contributed by atoms with van der Waals surface area (Å²) >= 11 is 0. The standard InChI is InChI=1S/C15H18N4O2/c1-11-5-3-8-17-14(11)18-9-10-19-15(20)13-12(21-2)6-4-7-16-13/h3-8H,9-10H2,1-2H3,(H,17,18)(H,19,20). The number of ether oxygens (including phenoxy) is 1. The molecule has 110 valence electrons. The number of carbonyl (C=O) groups excluding carboxylic acids is 1. The zero-order valence-electron chi connectivity index (χ0n) is 12.1. The highest BCUT2D eigenvalue weighted by Gasteiger charge is 2.12. The average molecular weight is 286 g/mol. The third kappa shape index (κ3) is 3.92. The number of aryl methyl sites for hydroxylation is 1. The summed E-state index contributed by atoms with van der Waals surface area (Å²) in [5, 5.41) is 5.96. The largest absolute Gasteiger partial charge is 0.494 e.